The Morgan fingerprint density at radius 1 is 0.976 bits per heavy atom. The molecular formula is C25H14Cl3F7N4O3. The Morgan fingerprint density at radius 3 is 2.26 bits per heavy atom. The lowest BCUT2D eigenvalue weighted by Gasteiger charge is -2.29. The maximum Gasteiger partial charge on any atom is 0.424 e. The molecule has 3 aromatic carbocycles. The van der Waals surface area contributed by atoms with E-state index >= 15 is 0 Å². The van der Waals surface area contributed by atoms with Crippen LogP contribution in [0.15, 0.2) is 53.5 Å². The standard InChI is InChI=1S/C25H14Cl3F7N4O3/c26-11-5-10(6-12(27)7-11)24(25(33,34)35)9-18(39-42-24)36-13-1-2-15(28)14(8-13)22(40)37-17-4-3-16(29)20(19(17)30)38-23(41)21(31)32/h1-8,21H,9H2,(H,36,39)(H,37,40)(H,38,41). The number of nitrogens with one attached hydrogen (secondary N) is 3. The van der Waals surface area contributed by atoms with E-state index in [2.05, 4.69) is 15.8 Å². The highest BCUT2D eigenvalue weighted by molar-refractivity contribution is 6.35. The van der Waals surface area contributed by atoms with Crippen molar-refractivity contribution < 1.29 is 45.2 Å². The van der Waals surface area contributed by atoms with Crippen LogP contribution < -0.4 is 16.1 Å². The number of hydroxylamine groups is 1. The lowest BCUT2D eigenvalue weighted by Crippen LogP contribution is -2.42. The second-order valence-electron chi connectivity index (χ2n) is 8.61. The van der Waals surface area contributed by atoms with Crippen molar-refractivity contribution in [3.8, 4) is 0 Å². The van der Waals surface area contributed by atoms with Crippen LogP contribution >= 0.6 is 34.8 Å². The van der Waals surface area contributed by atoms with Gasteiger partial charge in [0.2, 0.25) is 5.60 Å². The van der Waals surface area contributed by atoms with E-state index in [0.717, 1.165) is 24.3 Å². The van der Waals surface area contributed by atoms with Crippen LogP contribution in [0.1, 0.15) is 22.3 Å². The molecule has 0 saturated carbocycles. The lowest BCUT2D eigenvalue weighted by atomic mass is 9.90. The van der Waals surface area contributed by atoms with Gasteiger partial charge in [0.1, 0.15) is 17.3 Å². The van der Waals surface area contributed by atoms with Crippen LogP contribution in [0.25, 0.3) is 0 Å². The topological polar surface area (TPSA) is 91.8 Å². The van der Waals surface area contributed by atoms with Crippen LogP contribution in [0.2, 0.25) is 15.1 Å². The second-order valence-corrected chi connectivity index (χ2v) is 9.89. The fraction of sp³-hybridized carbons (Fsp3) is 0.160. The molecule has 42 heavy (non-hydrogen) atoms. The predicted octanol–water partition coefficient (Wildman–Crippen LogP) is 7.79. The molecule has 0 spiro atoms. The van der Waals surface area contributed by atoms with Crippen LogP contribution in [-0.4, -0.2) is 30.3 Å². The normalized spacial score (nSPS) is 17.8. The molecule has 4 rings (SSSR count). The molecule has 1 saturated heterocycles. The molecule has 3 aromatic rings. The van der Waals surface area contributed by atoms with E-state index in [-0.39, 0.29) is 32.2 Å². The van der Waals surface area contributed by atoms with Crippen molar-refractivity contribution in [1.29, 1.82) is 0 Å². The molecular weight excluding hydrogens is 644 g/mol. The minimum Gasteiger partial charge on any atom is -0.319 e. The number of halogens is 10. The minimum absolute atomic E-state index is 0.0652. The third-order valence-electron chi connectivity index (χ3n) is 5.79. The number of alkyl halides is 5. The zero-order chi connectivity index (χ0) is 31.0. The van der Waals surface area contributed by atoms with Gasteiger partial charge in [-0.1, -0.05) is 34.8 Å². The molecule has 0 radical (unpaired) electrons. The molecule has 1 atom stereocenters. The first-order valence-electron chi connectivity index (χ1n) is 11.3. The Morgan fingerprint density at radius 2 is 1.64 bits per heavy atom. The maximum absolute atomic E-state index is 14.7. The first-order chi connectivity index (χ1) is 19.6. The molecule has 0 aliphatic carbocycles. The molecule has 1 aliphatic heterocycles. The van der Waals surface area contributed by atoms with Gasteiger partial charge in [-0.05, 0) is 54.1 Å². The van der Waals surface area contributed by atoms with Crippen LogP contribution in [0.3, 0.4) is 0 Å². The van der Waals surface area contributed by atoms with Crippen molar-refractivity contribution in [3.05, 3.63) is 86.4 Å². The molecule has 3 N–H and O–H groups in total. The van der Waals surface area contributed by atoms with Crippen molar-refractivity contribution in [1.82, 2.24) is 5.48 Å². The van der Waals surface area contributed by atoms with Crippen molar-refractivity contribution in [2.45, 2.75) is 24.6 Å². The second kappa shape index (κ2) is 12.0. The third kappa shape index (κ3) is 6.41. The van der Waals surface area contributed by atoms with Gasteiger partial charge in [0, 0.05) is 10.0 Å². The third-order valence-corrected chi connectivity index (χ3v) is 6.56. The monoisotopic (exact) mass is 656 g/mol. The van der Waals surface area contributed by atoms with Gasteiger partial charge in [-0.25, -0.2) is 13.8 Å². The number of hydrogen-bond donors (Lipinski definition) is 3. The van der Waals surface area contributed by atoms with E-state index < -0.39 is 65.0 Å². The molecule has 7 nitrogen and oxygen atoms in total. The van der Waals surface area contributed by atoms with Crippen molar-refractivity contribution in [2.24, 2.45) is 4.99 Å². The molecule has 17 heteroatoms. The Labute approximate surface area is 246 Å². The predicted molar refractivity (Wildman–Crippen MR) is 141 cm³/mol. The molecule has 0 aromatic heterocycles. The number of nitrogens with zero attached hydrogens (tertiary/aromatic N) is 1. The molecule has 2 amide bonds. The summed E-state index contributed by atoms with van der Waals surface area (Å²) >= 11 is 17.8. The largest absolute Gasteiger partial charge is 0.424 e. The summed E-state index contributed by atoms with van der Waals surface area (Å²) in [6, 6.07) is 8.17. The number of hydrogen-bond acceptors (Lipinski definition) is 4. The summed E-state index contributed by atoms with van der Waals surface area (Å²) in [5, 5.41) is 3.11. The van der Waals surface area contributed by atoms with E-state index in [1.165, 1.54) is 23.5 Å². The zero-order valence-corrected chi connectivity index (χ0v) is 22.6. The number of amidine groups is 1. The summed E-state index contributed by atoms with van der Waals surface area (Å²) in [6.07, 6.45) is -9.37. The summed E-state index contributed by atoms with van der Waals surface area (Å²) in [5.74, 6) is -6.34. The fourth-order valence-electron chi connectivity index (χ4n) is 3.83. The zero-order valence-electron chi connectivity index (χ0n) is 20.4. The van der Waals surface area contributed by atoms with Crippen LogP contribution in [-0.2, 0) is 15.2 Å². The van der Waals surface area contributed by atoms with E-state index in [4.69, 9.17) is 39.6 Å². The Kier molecular flexibility index (Phi) is 8.92. The van der Waals surface area contributed by atoms with Gasteiger partial charge in [-0.15, -0.1) is 0 Å². The lowest BCUT2D eigenvalue weighted by molar-refractivity contribution is -0.282. The van der Waals surface area contributed by atoms with Gasteiger partial charge in [-0.3, -0.25) is 19.9 Å². The number of carbonyl (C=O) groups is 2. The number of benzene rings is 3. The highest BCUT2D eigenvalue weighted by Gasteiger charge is 2.62. The van der Waals surface area contributed by atoms with Gasteiger partial charge >= 0.3 is 12.6 Å². The number of carbonyl (C=O) groups excluding carboxylic acids is 2. The van der Waals surface area contributed by atoms with Crippen molar-refractivity contribution >= 4 is 69.5 Å². The van der Waals surface area contributed by atoms with Gasteiger partial charge in [0.15, 0.2) is 5.82 Å². The highest BCUT2D eigenvalue weighted by atomic mass is 35.5. The first-order valence-corrected chi connectivity index (χ1v) is 12.5. The van der Waals surface area contributed by atoms with Crippen LogP contribution in [0.4, 0.5) is 47.8 Å². The average Bonchev–Trinajstić information content (AvgIpc) is 3.34. The van der Waals surface area contributed by atoms with Gasteiger partial charge in [0.05, 0.1) is 28.4 Å². The van der Waals surface area contributed by atoms with Crippen LogP contribution in [0, 0.1) is 11.6 Å². The summed E-state index contributed by atoms with van der Waals surface area (Å²) in [4.78, 5) is 33.1. The minimum atomic E-state index is -4.96. The van der Waals surface area contributed by atoms with Gasteiger partial charge < -0.3 is 10.6 Å². The SMILES string of the molecule is O=C(Nc1ccc(F)c(NC(=O)C(F)F)c1F)c1cc(N=C2CC(c3cc(Cl)cc(Cl)c3)(C(F)(F)F)ON2)ccc1Cl. The molecule has 1 unspecified atom stereocenters. The summed E-state index contributed by atoms with van der Waals surface area (Å²) in [5.41, 5.74) is -3.55. The van der Waals surface area contributed by atoms with E-state index in [1.807, 2.05) is 0 Å². The van der Waals surface area contributed by atoms with E-state index in [9.17, 15) is 40.3 Å². The molecule has 1 aliphatic rings. The van der Waals surface area contributed by atoms with Gasteiger partial charge in [-0.2, -0.15) is 22.0 Å². The number of anilines is 2. The van der Waals surface area contributed by atoms with Crippen molar-refractivity contribution in [3.63, 3.8) is 0 Å². The summed E-state index contributed by atoms with van der Waals surface area (Å²) in [7, 11) is 0. The summed E-state index contributed by atoms with van der Waals surface area (Å²) in [6.45, 7) is 0. The van der Waals surface area contributed by atoms with E-state index in [1.54, 1.807) is 0 Å². The molecule has 222 valence electrons. The Hall–Kier alpha value is -3.59. The Bertz CT molecular complexity index is 1580. The molecule has 0 bridgehead atoms. The highest BCUT2D eigenvalue weighted by Crippen LogP contribution is 2.48. The van der Waals surface area contributed by atoms with E-state index in [0.29, 0.717) is 6.07 Å². The number of rotatable bonds is 6. The maximum atomic E-state index is 14.7. The van der Waals surface area contributed by atoms with Crippen molar-refractivity contribution in [2.75, 3.05) is 10.6 Å². The summed E-state index contributed by atoms with van der Waals surface area (Å²) < 4.78 is 96.4. The average molecular weight is 658 g/mol. The fourth-order valence-corrected chi connectivity index (χ4v) is 4.56. The number of aliphatic imine (C=N–C) groups is 1. The smallest absolute Gasteiger partial charge is 0.319 e. The first kappa shape index (κ1) is 31.3. The molecule has 1 fully saturated rings. The molecule has 1 heterocycles. The Balaban J connectivity index is 1.61. The quantitative estimate of drug-likeness (QED) is 0.236. The van der Waals surface area contributed by atoms with Crippen LogP contribution in [0.5, 0.6) is 0 Å². The number of amides is 2. The van der Waals surface area contributed by atoms with Gasteiger partial charge in [0.25, 0.3) is 11.8 Å².